The number of aryl methyl sites for hydroxylation is 1. The number of carbonyl (C=O) groups is 1. The number of rotatable bonds is 5. The second kappa shape index (κ2) is 8.28. The lowest BCUT2D eigenvalue weighted by Crippen LogP contribution is -2.43. The van der Waals surface area contributed by atoms with Gasteiger partial charge in [0.15, 0.2) is 0 Å². The Hall–Kier alpha value is -1.89. The van der Waals surface area contributed by atoms with Crippen LogP contribution in [0.25, 0.3) is 0 Å². The summed E-state index contributed by atoms with van der Waals surface area (Å²) in [5.74, 6) is -0.0584. The van der Waals surface area contributed by atoms with Gasteiger partial charge in [-0.05, 0) is 19.0 Å². The molecule has 130 valence electrons. The number of nitrogens with zero attached hydrogens (tertiary/aromatic N) is 2. The van der Waals surface area contributed by atoms with Gasteiger partial charge in [0.05, 0.1) is 12.2 Å². The molecule has 0 saturated carbocycles. The average molecular weight is 351 g/mol. The van der Waals surface area contributed by atoms with E-state index in [-0.39, 0.29) is 30.5 Å². The van der Waals surface area contributed by atoms with Crippen molar-refractivity contribution in [2.75, 3.05) is 13.7 Å². The van der Waals surface area contributed by atoms with Crippen molar-refractivity contribution in [2.45, 2.75) is 24.6 Å². The molecule has 2 aromatic rings. The molecule has 3 atom stereocenters. The molecule has 1 aliphatic rings. The average Bonchev–Trinajstić information content (AvgIpc) is 3.18. The zero-order chi connectivity index (χ0) is 16.2. The van der Waals surface area contributed by atoms with Crippen LogP contribution < -0.4 is 10.6 Å². The Balaban J connectivity index is 0.00000208. The number of hydrogen-bond donors (Lipinski definition) is 2. The molecule has 1 aliphatic heterocycles. The predicted octanol–water partition coefficient (Wildman–Crippen LogP) is 1.75. The number of halogens is 1. The number of benzene rings is 1. The molecular formula is C17H23ClN4O2. The van der Waals surface area contributed by atoms with E-state index in [1.807, 2.05) is 43.6 Å². The van der Waals surface area contributed by atoms with E-state index in [0.29, 0.717) is 6.61 Å². The molecule has 0 bridgehead atoms. The summed E-state index contributed by atoms with van der Waals surface area (Å²) in [5, 5.41) is 10.3. The summed E-state index contributed by atoms with van der Waals surface area (Å²) >= 11 is 0. The summed E-state index contributed by atoms with van der Waals surface area (Å²) in [6.45, 7) is 0.654. The normalized spacial score (nSPS) is 21.1. The van der Waals surface area contributed by atoms with Gasteiger partial charge >= 0.3 is 0 Å². The van der Waals surface area contributed by atoms with Gasteiger partial charge < -0.3 is 15.4 Å². The molecule has 6 nitrogen and oxygen atoms in total. The molecule has 3 unspecified atom stereocenters. The summed E-state index contributed by atoms with van der Waals surface area (Å²) in [7, 11) is 3.61. The molecule has 1 fully saturated rings. The predicted molar refractivity (Wildman–Crippen MR) is 93.9 cm³/mol. The molecule has 24 heavy (non-hydrogen) atoms. The molecule has 2 heterocycles. The number of nitrogens with one attached hydrogen (secondary N) is 2. The monoisotopic (exact) mass is 350 g/mol. The maximum atomic E-state index is 12.7. The summed E-state index contributed by atoms with van der Waals surface area (Å²) in [4.78, 5) is 12.7. The Bertz CT molecular complexity index is 662. The smallest absolute Gasteiger partial charge is 0.242 e. The molecule has 1 saturated heterocycles. The van der Waals surface area contributed by atoms with Crippen LogP contribution in [-0.4, -0.2) is 35.4 Å². The molecule has 2 N–H and O–H groups in total. The molecule has 0 radical (unpaired) electrons. The maximum Gasteiger partial charge on any atom is 0.242 e. The van der Waals surface area contributed by atoms with Gasteiger partial charge in [-0.2, -0.15) is 5.10 Å². The van der Waals surface area contributed by atoms with Crippen molar-refractivity contribution >= 4 is 18.3 Å². The van der Waals surface area contributed by atoms with E-state index in [2.05, 4.69) is 15.7 Å². The van der Waals surface area contributed by atoms with Crippen LogP contribution in [0.15, 0.2) is 42.7 Å². The molecule has 1 amide bonds. The standard InChI is InChI=1S/C17H22N4O2.ClH/c1-18-15(13-10-19-21(2)11-13)17(22)20-14-8-9-23-16(14)12-6-4-3-5-7-12;/h3-7,10-11,14-16,18H,8-9H2,1-2H3,(H,20,22);1H. The van der Waals surface area contributed by atoms with Crippen LogP contribution >= 0.6 is 12.4 Å². The fraction of sp³-hybridized carbons (Fsp3) is 0.412. The van der Waals surface area contributed by atoms with Crippen LogP contribution in [-0.2, 0) is 16.6 Å². The van der Waals surface area contributed by atoms with Gasteiger partial charge in [-0.1, -0.05) is 30.3 Å². The highest BCUT2D eigenvalue weighted by atomic mass is 35.5. The van der Waals surface area contributed by atoms with E-state index in [1.165, 1.54) is 0 Å². The quantitative estimate of drug-likeness (QED) is 0.862. The molecule has 0 spiro atoms. The maximum absolute atomic E-state index is 12.7. The largest absolute Gasteiger partial charge is 0.371 e. The van der Waals surface area contributed by atoms with Gasteiger partial charge in [0.2, 0.25) is 5.91 Å². The van der Waals surface area contributed by atoms with Crippen LogP contribution in [0.3, 0.4) is 0 Å². The lowest BCUT2D eigenvalue weighted by molar-refractivity contribution is -0.124. The van der Waals surface area contributed by atoms with Crippen molar-refractivity contribution in [2.24, 2.45) is 7.05 Å². The van der Waals surface area contributed by atoms with Crippen LogP contribution in [0.2, 0.25) is 0 Å². The third-order valence-electron chi connectivity index (χ3n) is 4.16. The second-order valence-corrected chi connectivity index (χ2v) is 5.77. The minimum atomic E-state index is -0.416. The third-order valence-corrected chi connectivity index (χ3v) is 4.16. The Kier molecular flexibility index (Phi) is 6.36. The lowest BCUT2D eigenvalue weighted by atomic mass is 10.0. The highest BCUT2D eigenvalue weighted by Crippen LogP contribution is 2.29. The first-order valence-electron chi connectivity index (χ1n) is 7.82. The summed E-state index contributed by atoms with van der Waals surface area (Å²) in [6.07, 6.45) is 4.28. The zero-order valence-electron chi connectivity index (χ0n) is 13.8. The molecule has 7 heteroatoms. The van der Waals surface area contributed by atoms with Crippen LogP contribution in [0.1, 0.15) is 29.7 Å². The van der Waals surface area contributed by atoms with Crippen molar-refractivity contribution in [1.29, 1.82) is 0 Å². The minimum Gasteiger partial charge on any atom is -0.371 e. The van der Waals surface area contributed by atoms with E-state index in [9.17, 15) is 4.79 Å². The van der Waals surface area contributed by atoms with Crippen molar-refractivity contribution in [1.82, 2.24) is 20.4 Å². The summed E-state index contributed by atoms with van der Waals surface area (Å²) in [5.41, 5.74) is 1.94. The number of likely N-dealkylation sites (N-methyl/N-ethyl adjacent to an activating group) is 1. The Morgan fingerprint density at radius 1 is 1.38 bits per heavy atom. The Morgan fingerprint density at radius 2 is 2.12 bits per heavy atom. The van der Waals surface area contributed by atoms with Gasteiger partial charge in [-0.15, -0.1) is 12.4 Å². The fourth-order valence-electron chi connectivity index (χ4n) is 3.01. The van der Waals surface area contributed by atoms with Crippen LogP contribution in [0.5, 0.6) is 0 Å². The lowest BCUT2D eigenvalue weighted by Gasteiger charge is -2.23. The van der Waals surface area contributed by atoms with E-state index in [1.54, 1.807) is 17.9 Å². The Morgan fingerprint density at radius 3 is 2.75 bits per heavy atom. The van der Waals surface area contributed by atoms with Crippen molar-refractivity contribution in [3.63, 3.8) is 0 Å². The molecule has 1 aromatic carbocycles. The number of carbonyl (C=O) groups excluding carboxylic acids is 1. The third kappa shape index (κ3) is 3.95. The van der Waals surface area contributed by atoms with Crippen LogP contribution in [0, 0.1) is 0 Å². The van der Waals surface area contributed by atoms with Gasteiger partial charge in [0.1, 0.15) is 12.1 Å². The van der Waals surface area contributed by atoms with E-state index in [0.717, 1.165) is 17.5 Å². The molecule has 3 rings (SSSR count). The van der Waals surface area contributed by atoms with Gasteiger partial charge in [-0.3, -0.25) is 9.48 Å². The zero-order valence-corrected chi connectivity index (χ0v) is 14.6. The van der Waals surface area contributed by atoms with E-state index in [4.69, 9.17) is 4.74 Å². The molecule has 1 aromatic heterocycles. The molecule has 0 aliphatic carbocycles. The summed E-state index contributed by atoms with van der Waals surface area (Å²) in [6, 6.07) is 9.59. The summed E-state index contributed by atoms with van der Waals surface area (Å²) < 4.78 is 7.52. The molecular weight excluding hydrogens is 328 g/mol. The van der Waals surface area contributed by atoms with Gasteiger partial charge in [0.25, 0.3) is 0 Å². The highest BCUT2D eigenvalue weighted by molar-refractivity contribution is 5.85. The van der Waals surface area contributed by atoms with Gasteiger partial charge in [-0.25, -0.2) is 0 Å². The first-order valence-corrected chi connectivity index (χ1v) is 7.82. The Labute approximate surface area is 148 Å². The number of ether oxygens (including phenoxy) is 1. The number of hydrogen-bond acceptors (Lipinski definition) is 4. The SMILES string of the molecule is CNC(C(=O)NC1CCOC1c1ccccc1)c1cnn(C)c1.Cl. The minimum absolute atomic E-state index is 0. The van der Waals surface area contributed by atoms with Crippen molar-refractivity contribution < 1.29 is 9.53 Å². The van der Waals surface area contributed by atoms with Gasteiger partial charge in [0, 0.05) is 25.4 Å². The van der Waals surface area contributed by atoms with E-state index < -0.39 is 6.04 Å². The van der Waals surface area contributed by atoms with E-state index >= 15 is 0 Å². The first-order chi connectivity index (χ1) is 11.2. The van der Waals surface area contributed by atoms with Crippen molar-refractivity contribution in [3.05, 3.63) is 53.9 Å². The first kappa shape index (κ1) is 18.4. The van der Waals surface area contributed by atoms with Crippen LogP contribution in [0.4, 0.5) is 0 Å². The highest BCUT2D eigenvalue weighted by Gasteiger charge is 2.32. The number of amides is 1. The number of aromatic nitrogens is 2. The second-order valence-electron chi connectivity index (χ2n) is 5.77. The topological polar surface area (TPSA) is 68.2 Å². The fourth-order valence-corrected chi connectivity index (χ4v) is 3.01. The van der Waals surface area contributed by atoms with Crippen molar-refractivity contribution in [3.8, 4) is 0 Å².